The monoisotopic (exact) mass is 935 g/mol. The molecule has 1 saturated carbocycles. The summed E-state index contributed by atoms with van der Waals surface area (Å²) in [5.41, 5.74) is -0.0596. The average molecular weight is 936 g/mol. The van der Waals surface area contributed by atoms with E-state index in [-0.39, 0.29) is 53.6 Å². The predicted octanol–water partition coefficient (Wildman–Crippen LogP) is 12.8. The van der Waals surface area contributed by atoms with E-state index in [1.54, 1.807) is 37.4 Å². The van der Waals surface area contributed by atoms with Crippen molar-refractivity contribution in [2.75, 3.05) is 20.8 Å². The first-order chi connectivity index (χ1) is 32.0. The van der Waals surface area contributed by atoms with E-state index in [0.29, 0.717) is 66.0 Å². The largest absolute Gasteiger partial charge is 0.497 e. The SMILES string of the molecule is COc1ccc(CN(C[C@]2(O)CC[C@H]3c4ccc(cc4C(=O)c4ccc(-c5cc(C(F)(F)F)ccc5Cl)o4)C[C@@H](O)CCC(C)=CCC[C@@]32C)C(=O)Oc2ccc3ccccc3c2)c(OC)c1. The molecule has 0 saturated heterocycles. The van der Waals surface area contributed by atoms with E-state index in [9.17, 15) is 33.0 Å². The molecule has 1 fully saturated rings. The molecule has 4 atom stereocenters. The van der Waals surface area contributed by atoms with E-state index < -0.39 is 46.7 Å². The quantitative estimate of drug-likeness (QED) is 0.103. The van der Waals surface area contributed by atoms with Crippen LogP contribution in [0.5, 0.6) is 17.2 Å². The number of rotatable bonds is 10. The molecule has 3 aliphatic carbocycles. The number of aliphatic hydroxyl groups excluding tert-OH is 1. The number of amides is 1. The third-order valence-electron chi connectivity index (χ3n) is 13.8. The van der Waals surface area contributed by atoms with Gasteiger partial charge in [-0.3, -0.25) is 4.79 Å². The highest BCUT2D eigenvalue weighted by Crippen LogP contribution is 2.59. The lowest BCUT2D eigenvalue weighted by Gasteiger charge is -2.46. The molecule has 1 aromatic heterocycles. The first-order valence-electron chi connectivity index (χ1n) is 22.4. The van der Waals surface area contributed by atoms with Crippen LogP contribution >= 0.6 is 11.6 Å². The maximum atomic E-state index is 14.8. The third-order valence-corrected chi connectivity index (χ3v) is 14.1. The van der Waals surface area contributed by atoms with Crippen molar-refractivity contribution < 1.29 is 51.6 Å². The van der Waals surface area contributed by atoms with Gasteiger partial charge in [0.1, 0.15) is 23.0 Å². The third kappa shape index (κ3) is 9.98. The number of furan rings is 1. The summed E-state index contributed by atoms with van der Waals surface area (Å²) in [6.45, 7) is 3.91. The molecule has 1 heterocycles. The number of fused-ring (bicyclic) bond motifs is 9. The number of hydrogen-bond donors (Lipinski definition) is 2. The van der Waals surface area contributed by atoms with Gasteiger partial charge in [0.2, 0.25) is 5.78 Å². The van der Waals surface area contributed by atoms with Crippen LogP contribution in [0.25, 0.3) is 22.1 Å². The van der Waals surface area contributed by atoms with E-state index in [1.807, 2.05) is 62.4 Å². The Bertz CT molecular complexity index is 2840. The summed E-state index contributed by atoms with van der Waals surface area (Å²) < 4.78 is 64.5. The summed E-state index contributed by atoms with van der Waals surface area (Å²) in [5.74, 6) is 0.292. The first kappa shape index (κ1) is 47.4. The Hall–Kier alpha value is -6.08. The van der Waals surface area contributed by atoms with Gasteiger partial charge in [-0.05, 0) is 140 Å². The molecule has 350 valence electrons. The van der Waals surface area contributed by atoms with Crippen molar-refractivity contribution in [3.8, 4) is 28.6 Å². The zero-order valence-electron chi connectivity index (χ0n) is 37.8. The summed E-state index contributed by atoms with van der Waals surface area (Å²) >= 11 is 6.38. The predicted molar refractivity (Wildman–Crippen MR) is 251 cm³/mol. The van der Waals surface area contributed by atoms with Gasteiger partial charge in [-0.2, -0.15) is 13.2 Å². The Morgan fingerprint density at radius 2 is 1.66 bits per heavy atom. The zero-order chi connectivity index (χ0) is 47.7. The number of hydrogen-bond acceptors (Lipinski definition) is 8. The number of benzene rings is 5. The molecule has 9 rings (SSSR count). The van der Waals surface area contributed by atoms with Crippen LogP contribution in [0.4, 0.5) is 18.0 Å². The minimum atomic E-state index is -4.63. The number of alkyl halides is 3. The number of carbonyl (C=O) groups excluding carboxylic acids is 2. The molecule has 0 aliphatic heterocycles. The van der Waals surface area contributed by atoms with Crippen molar-refractivity contribution >= 4 is 34.2 Å². The van der Waals surface area contributed by atoms with Gasteiger partial charge in [0.15, 0.2) is 5.76 Å². The number of methoxy groups -OCH3 is 2. The Balaban J connectivity index is 1.19. The van der Waals surface area contributed by atoms with E-state index in [1.165, 1.54) is 24.1 Å². The van der Waals surface area contributed by atoms with Crippen LogP contribution < -0.4 is 14.2 Å². The average Bonchev–Trinajstić information content (AvgIpc) is 3.89. The number of ether oxygens (including phenoxy) is 3. The molecule has 0 spiro atoms. The zero-order valence-corrected chi connectivity index (χ0v) is 38.5. The van der Waals surface area contributed by atoms with Crippen molar-refractivity contribution in [3.05, 3.63) is 159 Å². The summed E-state index contributed by atoms with van der Waals surface area (Å²) in [7, 11) is 3.08. The summed E-state index contributed by atoms with van der Waals surface area (Å²) in [6.07, 6.45) is -0.774. The molecular formula is C54H53ClF3NO8. The van der Waals surface area contributed by atoms with Crippen LogP contribution in [0, 0.1) is 5.41 Å². The fourth-order valence-corrected chi connectivity index (χ4v) is 10.1. The lowest BCUT2D eigenvalue weighted by Crippen LogP contribution is -2.54. The molecule has 3 aliphatic rings. The van der Waals surface area contributed by atoms with Gasteiger partial charge in [0, 0.05) is 28.2 Å². The minimum Gasteiger partial charge on any atom is -0.497 e. The van der Waals surface area contributed by atoms with E-state index in [2.05, 4.69) is 6.08 Å². The second kappa shape index (κ2) is 19.3. The van der Waals surface area contributed by atoms with E-state index in [0.717, 1.165) is 34.5 Å². The van der Waals surface area contributed by atoms with Crippen LogP contribution in [0.15, 0.2) is 125 Å². The second-order valence-corrected chi connectivity index (χ2v) is 18.5. The highest BCUT2D eigenvalue weighted by molar-refractivity contribution is 6.33. The van der Waals surface area contributed by atoms with Gasteiger partial charge in [-0.1, -0.05) is 72.6 Å². The summed E-state index contributed by atoms with van der Waals surface area (Å²) in [4.78, 5) is 30.9. The normalized spacial score (nSPS) is 21.0. The number of nitrogens with zero attached hydrogens (tertiary/aromatic N) is 1. The highest BCUT2D eigenvalue weighted by atomic mass is 35.5. The van der Waals surface area contributed by atoms with Crippen molar-refractivity contribution in [2.24, 2.45) is 5.41 Å². The maximum Gasteiger partial charge on any atom is 0.416 e. The van der Waals surface area contributed by atoms with E-state index in [4.69, 9.17) is 30.2 Å². The Morgan fingerprint density at radius 1 is 0.881 bits per heavy atom. The molecule has 1 amide bonds. The van der Waals surface area contributed by atoms with Gasteiger partial charge in [0.05, 0.1) is 49.6 Å². The smallest absolute Gasteiger partial charge is 0.416 e. The van der Waals surface area contributed by atoms with Crippen LogP contribution in [-0.2, 0) is 19.1 Å². The molecule has 67 heavy (non-hydrogen) atoms. The molecule has 6 aromatic rings. The summed E-state index contributed by atoms with van der Waals surface area (Å²) in [6, 6.07) is 29.7. The van der Waals surface area contributed by atoms with Crippen LogP contribution in [0.2, 0.25) is 5.02 Å². The topological polar surface area (TPSA) is 119 Å². The number of ketones is 1. The van der Waals surface area contributed by atoms with Gasteiger partial charge >= 0.3 is 12.3 Å². The van der Waals surface area contributed by atoms with Crippen molar-refractivity contribution in [1.82, 2.24) is 4.90 Å². The Kier molecular flexibility index (Phi) is 13.6. The van der Waals surface area contributed by atoms with Crippen molar-refractivity contribution in [3.63, 3.8) is 0 Å². The first-order valence-corrected chi connectivity index (χ1v) is 22.7. The fourth-order valence-electron chi connectivity index (χ4n) is 9.91. The fraction of sp³-hybridized carbons (Fsp3) is 0.333. The standard InChI is InChI=1S/C54H53ClF3NO8/c1-33-8-7-24-52(2)45(42-19-12-34(26-39(60)16-11-33)27-43(42)50(61)48-22-21-47(67-48)44-29-38(54(56,57)58)15-20-46(44)55)23-25-53(52,63)32-59(31-37-14-17-40(64-3)30-49(37)65-4)51(62)66-41-18-13-35-9-5-6-10-36(35)28-41/h5-6,8-10,12-15,17-22,27-30,39,45,60,63H,7,11,16,23-26,31-32H2,1-4H3/t39-,45-,52-,53+/m0/s1. The lowest BCUT2D eigenvalue weighted by molar-refractivity contribution is -0.137. The Morgan fingerprint density at radius 3 is 2.42 bits per heavy atom. The van der Waals surface area contributed by atoms with Gasteiger partial charge in [-0.25, -0.2) is 4.79 Å². The van der Waals surface area contributed by atoms with Crippen molar-refractivity contribution in [1.29, 1.82) is 0 Å². The van der Waals surface area contributed by atoms with Crippen LogP contribution in [0.1, 0.15) is 96.7 Å². The van der Waals surface area contributed by atoms with Gasteiger partial charge < -0.3 is 33.7 Å². The van der Waals surface area contributed by atoms with Crippen molar-refractivity contribution in [2.45, 2.75) is 89.1 Å². The van der Waals surface area contributed by atoms with Crippen LogP contribution in [0.3, 0.4) is 0 Å². The van der Waals surface area contributed by atoms with Gasteiger partial charge in [0.25, 0.3) is 0 Å². The number of allylic oxidation sites excluding steroid dienone is 2. The second-order valence-electron chi connectivity index (χ2n) is 18.0. The molecule has 0 radical (unpaired) electrons. The lowest BCUT2D eigenvalue weighted by atomic mass is 9.64. The number of aliphatic hydroxyl groups is 2. The molecule has 0 unspecified atom stereocenters. The Labute approximate surface area is 392 Å². The highest BCUT2D eigenvalue weighted by Gasteiger charge is 2.58. The molecule has 13 heteroatoms. The molecule has 5 aromatic carbocycles. The molecule has 2 bridgehead atoms. The maximum absolute atomic E-state index is 14.8. The number of carbonyl (C=O) groups is 2. The molecular weight excluding hydrogens is 883 g/mol. The molecule has 2 N–H and O–H groups in total. The van der Waals surface area contributed by atoms with Gasteiger partial charge in [-0.15, -0.1) is 0 Å². The molecule has 9 nitrogen and oxygen atoms in total. The van der Waals surface area contributed by atoms with Crippen LogP contribution in [-0.4, -0.2) is 59.5 Å². The number of halogens is 4. The van der Waals surface area contributed by atoms with E-state index >= 15 is 0 Å². The minimum absolute atomic E-state index is 0.0129. The summed E-state index contributed by atoms with van der Waals surface area (Å²) in [5, 5.41) is 26.4.